The Balaban J connectivity index is 0.000000217. The minimum Gasteiger partial charge on any atom is -0.305 e. The molecular formula is C75H82Br2IrN5. The Morgan fingerprint density at radius 2 is 0.542 bits per heavy atom. The average molecular weight is 1410 g/mol. The molecule has 0 atom stereocenters. The fraction of sp³-hybridized carbons (Fsp3) is 0.267. The van der Waals surface area contributed by atoms with Crippen molar-refractivity contribution in [3.63, 3.8) is 0 Å². The van der Waals surface area contributed by atoms with Crippen molar-refractivity contribution in [1.82, 2.24) is 24.9 Å². The molecule has 0 bridgehead atoms. The van der Waals surface area contributed by atoms with Gasteiger partial charge in [0.2, 0.25) is 0 Å². The molecule has 0 unspecified atom stereocenters. The van der Waals surface area contributed by atoms with Crippen molar-refractivity contribution >= 4 is 31.9 Å². The van der Waals surface area contributed by atoms with Crippen LogP contribution in [-0.2, 0) is 47.2 Å². The van der Waals surface area contributed by atoms with Crippen LogP contribution in [0.2, 0.25) is 0 Å². The molecule has 5 aromatic heterocycles. The minimum atomic E-state index is 0. The normalized spacial score (nSPS) is 11.1. The van der Waals surface area contributed by atoms with Gasteiger partial charge >= 0.3 is 20.1 Å². The Hall–Kier alpha value is -6.54. The van der Waals surface area contributed by atoms with Gasteiger partial charge in [-0.05, 0) is 126 Å². The number of benzene rings is 5. The molecule has 10 rings (SSSR count). The average Bonchev–Trinajstić information content (AvgIpc) is 3.50. The molecule has 83 heavy (non-hydrogen) atoms. The Morgan fingerprint density at radius 3 is 0.759 bits per heavy atom. The standard InChI is InChI=1S/C15H17N.3C15H16N.C10H13Br.C5H4BrN.Ir/c4*1-15(2,3)13-9-7-12(8-10-13)14-6-4-5-11-16-14;1-10(2,3)8-4-6-9(11)7-5-8;6-5-3-1-2-4-7-5;/h4-11H,1-3H3;3*4-7,9-11H,1-3H3;4-7H,1-3H3;1-4H;/q;3*-1;;;+3. The summed E-state index contributed by atoms with van der Waals surface area (Å²) in [6, 6.07) is 75.4. The molecular weight excluding hydrogens is 1320 g/mol. The van der Waals surface area contributed by atoms with Gasteiger partial charge in [0.05, 0.1) is 5.69 Å². The number of pyridine rings is 5. The molecule has 0 N–H and O–H groups in total. The second kappa shape index (κ2) is 32.5. The number of rotatable bonds is 4. The van der Waals surface area contributed by atoms with Gasteiger partial charge in [-0.2, -0.15) is 0 Å². The van der Waals surface area contributed by atoms with Crippen molar-refractivity contribution in [2.75, 3.05) is 0 Å². The maximum atomic E-state index is 4.34. The van der Waals surface area contributed by atoms with Gasteiger partial charge < -0.3 is 15.0 Å². The predicted octanol–water partition coefficient (Wildman–Crippen LogP) is 21.2. The van der Waals surface area contributed by atoms with Crippen LogP contribution in [0.25, 0.3) is 45.0 Å². The Labute approximate surface area is 529 Å². The van der Waals surface area contributed by atoms with Crippen LogP contribution in [0.15, 0.2) is 234 Å². The zero-order valence-electron chi connectivity index (χ0n) is 51.2. The molecule has 0 saturated heterocycles. The Kier molecular flexibility index (Phi) is 27.0. The number of halogens is 2. The molecule has 0 fully saturated rings. The summed E-state index contributed by atoms with van der Waals surface area (Å²) in [5, 5.41) is 0. The van der Waals surface area contributed by atoms with E-state index in [1.54, 1.807) is 24.8 Å². The first-order valence-corrected chi connectivity index (χ1v) is 29.4. The van der Waals surface area contributed by atoms with Gasteiger partial charge in [0.15, 0.2) is 0 Å². The number of hydrogen-bond acceptors (Lipinski definition) is 5. The monoisotopic (exact) mass is 1400 g/mol. The van der Waals surface area contributed by atoms with Gasteiger partial charge in [-0.3, -0.25) is 4.98 Å². The maximum Gasteiger partial charge on any atom is 3.00 e. The van der Waals surface area contributed by atoms with Crippen LogP contribution >= 0.6 is 31.9 Å². The quantitative estimate of drug-likeness (QED) is 0.130. The van der Waals surface area contributed by atoms with Crippen molar-refractivity contribution in [2.45, 2.75) is 131 Å². The fourth-order valence-corrected chi connectivity index (χ4v) is 8.22. The first-order chi connectivity index (χ1) is 38.7. The third-order valence-electron chi connectivity index (χ3n) is 12.9. The van der Waals surface area contributed by atoms with Crippen LogP contribution in [0, 0.1) is 18.2 Å². The predicted molar refractivity (Wildman–Crippen MR) is 355 cm³/mol. The van der Waals surface area contributed by atoms with Crippen molar-refractivity contribution in [2.24, 2.45) is 0 Å². The molecule has 0 radical (unpaired) electrons. The van der Waals surface area contributed by atoms with Crippen LogP contribution in [0.5, 0.6) is 0 Å². The topological polar surface area (TPSA) is 64.5 Å². The molecule has 0 aliphatic carbocycles. The largest absolute Gasteiger partial charge is 3.00 e. The summed E-state index contributed by atoms with van der Waals surface area (Å²) < 4.78 is 2.03. The van der Waals surface area contributed by atoms with E-state index in [1.165, 1.54) is 33.4 Å². The third-order valence-corrected chi connectivity index (χ3v) is 13.9. The van der Waals surface area contributed by atoms with Gasteiger partial charge in [-0.1, -0.05) is 205 Å². The van der Waals surface area contributed by atoms with E-state index in [9.17, 15) is 0 Å². The van der Waals surface area contributed by atoms with Gasteiger partial charge in [0.25, 0.3) is 0 Å². The second-order valence-electron chi connectivity index (χ2n) is 24.8. The zero-order valence-corrected chi connectivity index (χ0v) is 56.8. The van der Waals surface area contributed by atoms with E-state index < -0.39 is 0 Å². The summed E-state index contributed by atoms with van der Waals surface area (Å²) in [6.07, 6.45) is 8.99. The first-order valence-electron chi connectivity index (χ1n) is 27.8. The van der Waals surface area contributed by atoms with Crippen molar-refractivity contribution in [1.29, 1.82) is 0 Å². The van der Waals surface area contributed by atoms with Crippen molar-refractivity contribution in [3.05, 3.63) is 280 Å². The molecule has 5 nitrogen and oxygen atoms in total. The molecule has 5 aromatic carbocycles. The maximum absolute atomic E-state index is 4.34. The van der Waals surface area contributed by atoms with E-state index in [-0.39, 0.29) is 47.2 Å². The van der Waals surface area contributed by atoms with Crippen molar-refractivity contribution < 1.29 is 20.1 Å². The zero-order chi connectivity index (χ0) is 60.0. The third kappa shape index (κ3) is 24.3. The van der Waals surface area contributed by atoms with Crippen LogP contribution in [-0.4, -0.2) is 24.9 Å². The van der Waals surface area contributed by atoms with Gasteiger partial charge in [0, 0.05) is 41.0 Å². The van der Waals surface area contributed by atoms with Crippen molar-refractivity contribution in [3.8, 4) is 45.0 Å². The smallest absolute Gasteiger partial charge is 0.305 e. The molecule has 430 valence electrons. The van der Waals surface area contributed by atoms with E-state index in [2.05, 4.69) is 282 Å². The molecule has 5 heterocycles. The summed E-state index contributed by atoms with van der Waals surface area (Å²) in [4.78, 5) is 21.2. The molecule has 0 amide bonds. The van der Waals surface area contributed by atoms with E-state index in [4.69, 9.17) is 0 Å². The Bertz CT molecular complexity index is 2970. The number of aromatic nitrogens is 5. The van der Waals surface area contributed by atoms with E-state index >= 15 is 0 Å². The van der Waals surface area contributed by atoms with Gasteiger partial charge in [-0.25, -0.2) is 4.98 Å². The molecule has 0 spiro atoms. The molecule has 0 aliphatic heterocycles. The summed E-state index contributed by atoms with van der Waals surface area (Å²) >= 11 is 6.61. The van der Waals surface area contributed by atoms with E-state index in [0.29, 0.717) is 0 Å². The van der Waals surface area contributed by atoms with Crippen LogP contribution < -0.4 is 0 Å². The molecule has 8 heteroatoms. The summed E-state index contributed by atoms with van der Waals surface area (Å²) in [5.41, 5.74) is 15.9. The van der Waals surface area contributed by atoms with Gasteiger partial charge in [-0.15, -0.1) is 106 Å². The molecule has 10 aromatic rings. The van der Waals surface area contributed by atoms with Crippen LogP contribution in [0.3, 0.4) is 0 Å². The first kappa shape index (κ1) is 69.0. The Morgan fingerprint density at radius 1 is 0.277 bits per heavy atom. The van der Waals surface area contributed by atoms with Crippen LogP contribution in [0.1, 0.15) is 132 Å². The van der Waals surface area contributed by atoms with Gasteiger partial charge in [0.1, 0.15) is 4.60 Å². The van der Waals surface area contributed by atoms with E-state index in [0.717, 1.165) is 48.5 Å². The molecule has 0 saturated carbocycles. The fourth-order valence-electron chi connectivity index (χ4n) is 7.68. The number of nitrogens with zero attached hydrogens (tertiary/aromatic N) is 5. The summed E-state index contributed by atoms with van der Waals surface area (Å²) in [5.74, 6) is 0. The van der Waals surface area contributed by atoms with Crippen LogP contribution in [0.4, 0.5) is 0 Å². The summed E-state index contributed by atoms with van der Waals surface area (Å²) in [6.45, 7) is 33.2. The molecule has 0 aliphatic rings. The number of hydrogen-bond donors (Lipinski definition) is 0. The summed E-state index contributed by atoms with van der Waals surface area (Å²) in [7, 11) is 0. The second-order valence-corrected chi connectivity index (χ2v) is 26.5. The van der Waals surface area contributed by atoms with E-state index in [1.807, 2.05) is 97.2 Å². The SMILES string of the molecule is Brc1ccccn1.CC(C)(C)c1c[c-]c(-c2ccccn2)cc1.CC(C)(C)c1c[c-]c(-c2ccccn2)cc1.CC(C)(C)c1c[c-]c(-c2ccccn2)cc1.CC(C)(C)c1ccc(-c2ccccn2)cc1.CC(C)(C)c1ccc(Br)cc1.[Ir+3]. The minimum absolute atomic E-state index is 0.